The molecule has 0 saturated carbocycles. The maximum atomic E-state index is 12.0. The van der Waals surface area contributed by atoms with E-state index in [0.717, 1.165) is 12.1 Å². The van der Waals surface area contributed by atoms with Gasteiger partial charge in [0.1, 0.15) is 0 Å². The van der Waals surface area contributed by atoms with Gasteiger partial charge in [0.2, 0.25) is 0 Å². The van der Waals surface area contributed by atoms with Gasteiger partial charge in [-0.05, 0) is 19.1 Å². The van der Waals surface area contributed by atoms with Crippen molar-refractivity contribution in [1.29, 1.82) is 0 Å². The molecule has 0 aliphatic carbocycles. The molecule has 0 spiro atoms. The number of rotatable bonds is 1. The molecular formula is C12H15F3O. The van der Waals surface area contributed by atoms with Gasteiger partial charge in [-0.25, -0.2) is 0 Å². The van der Waals surface area contributed by atoms with Crippen LogP contribution in [0.1, 0.15) is 43.1 Å². The first kappa shape index (κ1) is 14.7. The van der Waals surface area contributed by atoms with Gasteiger partial charge in [-0.2, -0.15) is 13.2 Å². The SMILES string of the molecule is CC(=O)c1ccc(C(F)(F)F)cc1.CCC. The fourth-order valence-electron chi connectivity index (χ4n) is 0.894. The molecule has 0 atom stereocenters. The van der Waals surface area contributed by atoms with Gasteiger partial charge in [0.15, 0.2) is 5.78 Å². The molecule has 0 aliphatic rings. The Labute approximate surface area is 93.3 Å². The molecule has 1 nitrogen and oxygen atoms in total. The van der Waals surface area contributed by atoms with Gasteiger partial charge in [0.25, 0.3) is 0 Å². The van der Waals surface area contributed by atoms with Gasteiger partial charge in [-0.15, -0.1) is 0 Å². The van der Waals surface area contributed by atoms with Crippen LogP contribution in [0.15, 0.2) is 24.3 Å². The number of benzene rings is 1. The Balaban J connectivity index is 0.000000673. The first-order valence-electron chi connectivity index (χ1n) is 5.01. The molecule has 0 aromatic heterocycles. The molecule has 0 radical (unpaired) electrons. The van der Waals surface area contributed by atoms with Crippen molar-refractivity contribution in [1.82, 2.24) is 0 Å². The molecular weight excluding hydrogens is 217 g/mol. The van der Waals surface area contributed by atoms with E-state index < -0.39 is 11.7 Å². The van der Waals surface area contributed by atoms with E-state index in [1.807, 2.05) is 0 Å². The maximum Gasteiger partial charge on any atom is 0.416 e. The van der Waals surface area contributed by atoms with Crippen LogP contribution in [0, 0.1) is 0 Å². The number of carbonyl (C=O) groups excluding carboxylic acids is 1. The Hall–Kier alpha value is -1.32. The normalized spacial score (nSPS) is 10.4. The molecule has 0 amide bonds. The van der Waals surface area contributed by atoms with Crippen molar-refractivity contribution in [2.24, 2.45) is 0 Å². The van der Waals surface area contributed by atoms with Crippen LogP contribution in [0.3, 0.4) is 0 Å². The minimum atomic E-state index is -4.34. The molecule has 1 rings (SSSR count). The minimum absolute atomic E-state index is 0.242. The minimum Gasteiger partial charge on any atom is -0.295 e. The van der Waals surface area contributed by atoms with Crippen molar-refractivity contribution in [2.75, 3.05) is 0 Å². The molecule has 0 fully saturated rings. The zero-order valence-electron chi connectivity index (χ0n) is 9.56. The summed E-state index contributed by atoms with van der Waals surface area (Å²) in [6.07, 6.45) is -3.09. The highest BCUT2D eigenvalue weighted by molar-refractivity contribution is 5.94. The van der Waals surface area contributed by atoms with Crippen LogP contribution in [-0.4, -0.2) is 5.78 Å². The molecule has 0 heterocycles. The molecule has 0 bridgehead atoms. The van der Waals surface area contributed by atoms with E-state index in [2.05, 4.69) is 13.8 Å². The smallest absolute Gasteiger partial charge is 0.295 e. The maximum absolute atomic E-state index is 12.0. The molecule has 1 aromatic rings. The van der Waals surface area contributed by atoms with Crippen molar-refractivity contribution in [2.45, 2.75) is 33.4 Å². The Morgan fingerprint density at radius 1 is 1.12 bits per heavy atom. The summed E-state index contributed by atoms with van der Waals surface area (Å²) in [6, 6.07) is 4.14. The molecule has 0 aliphatic heterocycles. The predicted molar refractivity (Wildman–Crippen MR) is 57.4 cm³/mol. The molecule has 1 aromatic carbocycles. The fourth-order valence-corrected chi connectivity index (χ4v) is 0.894. The number of Topliss-reactive ketones (excluding diaryl/α,β-unsaturated/α-hetero) is 1. The van der Waals surface area contributed by atoms with E-state index in [-0.39, 0.29) is 11.3 Å². The number of hydrogen-bond acceptors (Lipinski definition) is 1. The van der Waals surface area contributed by atoms with Crippen LogP contribution in [0.2, 0.25) is 0 Å². The average Bonchev–Trinajstić information content (AvgIpc) is 2.18. The van der Waals surface area contributed by atoms with E-state index >= 15 is 0 Å². The van der Waals surface area contributed by atoms with Crippen LogP contribution >= 0.6 is 0 Å². The second-order valence-corrected chi connectivity index (χ2v) is 3.34. The quantitative estimate of drug-likeness (QED) is 0.659. The van der Waals surface area contributed by atoms with Gasteiger partial charge in [-0.3, -0.25) is 4.79 Å². The van der Waals surface area contributed by atoms with Crippen molar-refractivity contribution in [3.63, 3.8) is 0 Å². The van der Waals surface area contributed by atoms with E-state index in [1.165, 1.54) is 25.5 Å². The van der Waals surface area contributed by atoms with Crippen LogP contribution in [0.4, 0.5) is 13.2 Å². The zero-order chi connectivity index (χ0) is 12.8. The highest BCUT2D eigenvalue weighted by atomic mass is 19.4. The number of halogens is 3. The van der Waals surface area contributed by atoms with Crippen molar-refractivity contribution < 1.29 is 18.0 Å². The predicted octanol–water partition coefficient (Wildman–Crippen LogP) is 4.32. The first-order chi connectivity index (χ1) is 7.32. The average molecular weight is 232 g/mol. The summed E-state index contributed by atoms with van der Waals surface area (Å²) < 4.78 is 36.1. The highest BCUT2D eigenvalue weighted by Gasteiger charge is 2.29. The lowest BCUT2D eigenvalue weighted by Gasteiger charge is -2.05. The Kier molecular flexibility index (Phi) is 5.78. The summed E-state index contributed by atoms with van der Waals surface area (Å²) in [5, 5.41) is 0. The van der Waals surface area contributed by atoms with Crippen molar-refractivity contribution in [3.8, 4) is 0 Å². The number of carbonyl (C=O) groups is 1. The molecule has 0 N–H and O–H groups in total. The first-order valence-corrected chi connectivity index (χ1v) is 5.01. The molecule has 16 heavy (non-hydrogen) atoms. The van der Waals surface area contributed by atoms with Crippen molar-refractivity contribution >= 4 is 5.78 Å². The third-order valence-corrected chi connectivity index (χ3v) is 1.62. The summed E-state index contributed by atoms with van der Waals surface area (Å²) >= 11 is 0. The van der Waals surface area contributed by atoms with E-state index in [4.69, 9.17) is 0 Å². The van der Waals surface area contributed by atoms with Gasteiger partial charge in [0.05, 0.1) is 5.56 Å². The summed E-state index contributed by atoms with van der Waals surface area (Å²) in [7, 11) is 0. The number of hydrogen-bond donors (Lipinski definition) is 0. The summed E-state index contributed by atoms with van der Waals surface area (Å²) in [5.41, 5.74) is -0.453. The monoisotopic (exact) mass is 232 g/mol. The van der Waals surface area contributed by atoms with Crippen LogP contribution in [0.5, 0.6) is 0 Å². The highest BCUT2D eigenvalue weighted by Crippen LogP contribution is 2.28. The lowest BCUT2D eigenvalue weighted by Crippen LogP contribution is -2.05. The topological polar surface area (TPSA) is 17.1 Å². The number of alkyl halides is 3. The van der Waals surface area contributed by atoms with E-state index in [0.29, 0.717) is 0 Å². The van der Waals surface area contributed by atoms with E-state index in [9.17, 15) is 18.0 Å². The van der Waals surface area contributed by atoms with Crippen molar-refractivity contribution in [3.05, 3.63) is 35.4 Å². The van der Waals surface area contributed by atoms with Crippen LogP contribution in [0.25, 0.3) is 0 Å². The van der Waals surface area contributed by atoms with Crippen LogP contribution in [-0.2, 0) is 6.18 Å². The second-order valence-electron chi connectivity index (χ2n) is 3.34. The van der Waals surface area contributed by atoms with Gasteiger partial charge >= 0.3 is 6.18 Å². The standard InChI is InChI=1S/C9H7F3O.C3H8/c1-6(13)7-2-4-8(5-3-7)9(10,11)12;1-3-2/h2-5H,1H3;3H2,1-2H3. The fraction of sp³-hybridized carbons (Fsp3) is 0.417. The molecule has 90 valence electrons. The number of ketones is 1. The third kappa shape index (κ3) is 4.96. The zero-order valence-corrected chi connectivity index (χ0v) is 9.56. The molecule has 4 heteroatoms. The Morgan fingerprint density at radius 2 is 1.50 bits per heavy atom. The third-order valence-electron chi connectivity index (χ3n) is 1.62. The van der Waals surface area contributed by atoms with Gasteiger partial charge in [-0.1, -0.05) is 32.4 Å². The van der Waals surface area contributed by atoms with Gasteiger partial charge in [0, 0.05) is 5.56 Å². The van der Waals surface area contributed by atoms with Crippen LogP contribution < -0.4 is 0 Å². The lowest BCUT2D eigenvalue weighted by atomic mass is 10.1. The Morgan fingerprint density at radius 3 is 1.75 bits per heavy atom. The summed E-state index contributed by atoms with van der Waals surface area (Å²) in [6.45, 7) is 5.56. The van der Waals surface area contributed by atoms with Gasteiger partial charge < -0.3 is 0 Å². The summed E-state index contributed by atoms with van der Waals surface area (Å²) in [4.78, 5) is 10.7. The lowest BCUT2D eigenvalue weighted by molar-refractivity contribution is -0.137. The van der Waals surface area contributed by atoms with E-state index in [1.54, 1.807) is 0 Å². The molecule has 0 saturated heterocycles. The second kappa shape index (κ2) is 6.30. The Bertz CT molecular complexity index is 325. The largest absolute Gasteiger partial charge is 0.416 e. The summed E-state index contributed by atoms with van der Waals surface area (Å²) in [5.74, 6) is -0.242. The molecule has 0 unspecified atom stereocenters.